The molecule has 3 aromatic carbocycles. The molecule has 1 fully saturated rings. The van der Waals surface area contributed by atoms with E-state index in [0.717, 1.165) is 21.3 Å². The Bertz CT molecular complexity index is 1250. The molecule has 0 spiro atoms. The highest BCUT2D eigenvalue weighted by molar-refractivity contribution is 9.10. The van der Waals surface area contributed by atoms with Gasteiger partial charge in [-0.25, -0.2) is 9.18 Å². The van der Waals surface area contributed by atoms with Gasteiger partial charge in [-0.1, -0.05) is 34.1 Å². The standard InChI is InChI=1S/C25H21BrFN3O3/c1-25-13-21(20-12-17(26)7-10-22(20)33-25)29-24(32)30(25)19-4-2-3-16(11-19)23(31)28-14-15-5-8-18(27)9-6-15/h2-12,21H,13-14H2,1H3,(H,28,31)(H,29,32)/t21-,25-/m1/s1. The first-order valence-corrected chi connectivity index (χ1v) is 11.3. The maximum absolute atomic E-state index is 13.1. The van der Waals surface area contributed by atoms with Gasteiger partial charge in [0.05, 0.1) is 11.7 Å². The Hall–Kier alpha value is -3.39. The summed E-state index contributed by atoms with van der Waals surface area (Å²) in [4.78, 5) is 27.4. The molecule has 1 saturated heterocycles. The Morgan fingerprint density at radius 3 is 2.79 bits per heavy atom. The van der Waals surface area contributed by atoms with Crippen molar-refractivity contribution in [1.82, 2.24) is 10.6 Å². The highest BCUT2D eigenvalue weighted by Gasteiger charge is 2.49. The van der Waals surface area contributed by atoms with E-state index in [9.17, 15) is 14.0 Å². The van der Waals surface area contributed by atoms with Gasteiger partial charge in [-0.2, -0.15) is 0 Å². The molecule has 2 bridgehead atoms. The number of nitrogens with zero attached hydrogens (tertiary/aromatic N) is 1. The van der Waals surface area contributed by atoms with Gasteiger partial charge in [-0.05, 0) is 61.0 Å². The number of ether oxygens (including phenoxy) is 1. The summed E-state index contributed by atoms with van der Waals surface area (Å²) in [6.45, 7) is 2.15. The number of urea groups is 1. The van der Waals surface area contributed by atoms with Crippen LogP contribution in [0.4, 0.5) is 14.9 Å². The van der Waals surface area contributed by atoms with E-state index in [-0.39, 0.29) is 30.3 Å². The summed E-state index contributed by atoms with van der Waals surface area (Å²) in [5.74, 6) is 0.102. The molecule has 6 nitrogen and oxygen atoms in total. The SMILES string of the molecule is C[C@@]12C[C@@H](NC(=O)N1c1cccc(C(=O)NCc3ccc(F)cc3)c1)c1cc(Br)ccc1O2. The van der Waals surface area contributed by atoms with Crippen molar-refractivity contribution in [2.75, 3.05) is 4.90 Å². The quantitative estimate of drug-likeness (QED) is 0.502. The zero-order chi connectivity index (χ0) is 23.2. The third-order valence-corrected chi connectivity index (χ3v) is 6.46. The number of benzene rings is 3. The van der Waals surface area contributed by atoms with Crippen molar-refractivity contribution in [3.05, 3.63) is 93.7 Å². The number of rotatable bonds is 4. The Kier molecular flexibility index (Phi) is 5.32. The number of carbonyl (C=O) groups excluding carboxylic acids is 2. The molecule has 33 heavy (non-hydrogen) atoms. The Balaban J connectivity index is 1.39. The number of carbonyl (C=O) groups is 2. The van der Waals surface area contributed by atoms with Crippen LogP contribution in [0.15, 0.2) is 71.2 Å². The summed E-state index contributed by atoms with van der Waals surface area (Å²) in [5.41, 5.74) is 1.79. The van der Waals surface area contributed by atoms with Crippen LogP contribution in [0, 0.1) is 5.82 Å². The molecule has 0 radical (unpaired) electrons. The van der Waals surface area contributed by atoms with Crippen LogP contribution in [-0.4, -0.2) is 17.7 Å². The van der Waals surface area contributed by atoms with Crippen molar-refractivity contribution in [2.45, 2.75) is 31.7 Å². The summed E-state index contributed by atoms with van der Waals surface area (Å²) in [5, 5.41) is 5.89. The van der Waals surface area contributed by atoms with Crippen LogP contribution in [0.3, 0.4) is 0 Å². The normalized spacial score (nSPS) is 21.0. The minimum Gasteiger partial charge on any atom is -0.467 e. The zero-order valence-corrected chi connectivity index (χ0v) is 19.4. The lowest BCUT2D eigenvalue weighted by Gasteiger charge is -2.50. The van der Waals surface area contributed by atoms with E-state index in [4.69, 9.17) is 4.74 Å². The molecule has 8 heteroatoms. The molecule has 2 atom stereocenters. The summed E-state index contributed by atoms with van der Waals surface area (Å²) >= 11 is 3.48. The van der Waals surface area contributed by atoms with Crippen LogP contribution in [0.1, 0.15) is 40.9 Å². The summed E-state index contributed by atoms with van der Waals surface area (Å²) in [7, 11) is 0. The molecule has 0 unspecified atom stereocenters. The number of anilines is 1. The fraction of sp³-hybridized carbons (Fsp3) is 0.200. The van der Waals surface area contributed by atoms with E-state index in [2.05, 4.69) is 26.6 Å². The van der Waals surface area contributed by atoms with Crippen LogP contribution in [0.25, 0.3) is 0 Å². The van der Waals surface area contributed by atoms with Crippen molar-refractivity contribution in [1.29, 1.82) is 0 Å². The zero-order valence-electron chi connectivity index (χ0n) is 17.8. The molecule has 2 N–H and O–H groups in total. The van der Waals surface area contributed by atoms with Gasteiger partial charge in [0.2, 0.25) is 0 Å². The van der Waals surface area contributed by atoms with Gasteiger partial charge in [0, 0.05) is 28.6 Å². The predicted molar refractivity (Wildman–Crippen MR) is 126 cm³/mol. The molecule has 2 heterocycles. The summed E-state index contributed by atoms with van der Waals surface area (Å²) in [6, 6.07) is 18.1. The van der Waals surface area contributed by atoms with Gasteiger partial charge in [-0.3, -0.25) is 9.69 Å². The van der Waals surface area contributed by atoms with Crippen LogP contribution in [0.2, 0.25) is 0 Å². The smallest absolute Gasteiger partial charge is 0.325 e. The monoisotopic (exact) mass is 509 g/mol. The van der Waals surface area contributed by atoms with E-state index in [1.165, 1.54) is 12.1 Å². The maximum Gasteiger partial charge on any atom is 0.325 e. The fourth-order valence-electron chi connectivity index (χ4n) is 4.41. The molecular weight excluding hydrogens is 489 g/mol. The minimum atomic E-state index is -0.906. The molecule has 0 aromatic heterocycles. The van der Waals surface area contributed by atoms with E-state index in [0.29, 0.717) is 17.7 Å². The van der Waals surface area contributed by atoms with Crippen molar-refractivity contribution < 1.29 is 18.7 Å². The lowest BCUT2D eigenvalue weighted by molar-refractivity contribution is 0.0378. The van der Waals surface area contributed by atoms with Crippen LogP contribution in [0.5, 0.6) is 5.75 Å². The Morgan fingerprint density at radius 1 is 1.21 bits per heavy atom. The van der Waals surface area contributed by atoms with Gasteiger partial charge in [-0.15, -0.1) is 0 Å². The first kappa shape index (κ1) is 21.5. The number of nitrogens with one attached hydrogen (secondary N) is 2. The molecule has 5 rings (SSSR count). The Labute approximate surface area is 198 Å². The van der Waals surface area contributed by atoms with E-state index in [1.54, 1.807) is 41.3 Å². The molecule has 2 aliphatic rings. The van der Waals surface area contributed by atoms with Gasteiger partial charge >= 0.3 is 6.03 Å². The first-order valence-electron chi connectivity index (χ1n) is 10.5. The molecule has 0 aliphatic carbocycles. The minimum absolute atomic E-state index is 0.165. The van der Waals surface area contributed by atoms with Gasteiger partial charge < -0.3 is 15.4 Å². The van der Waals surface area contributed by atoms with Crippen molar-refractivity contribution >= 4 is 33.6 Å². The van der Waals surface area contributed by atoms with Crippen LogP contribution < -0.4 is 20.3 Å². The van der Waals surface area contributed by atoms with Crippen LogP contribution >= 0.6 is 15.9 Å². The maximum atomic E-state index is 13.1. The highest BCUT2D eigenvalue weighted by Crippen LogP contribution is 2.46. The average molecular weight is 510 g/mol. The van der Waals surface area contributed by atoms with E-state index in [1.807, 2.05) is 25.1 Å². The fourth-order valence-corrected chi connectivity index (χ4v) is 4.79. The van der Waals surface area contributed by atoms with Crippen LogP contribution in [-0.2, 0) is 6.54 Å². The van der Waals surface area contributed by atoms with Gasteiger partial charge in [0.1, 0.15) is 11.6 Å². The third-order valence-electron chi connectivity index (χ3n) is 5.97. The first-order chi connectivity index (χ1) is 15.8. The van der Waals surface area contributed by atoms with Gasteiger partial charge in [0.25, 0.3) is 5.91 Å². The second-order valence-electron chi connectivity index (χ2n) is 8.36. The average Bonchev–Trinajstić information content (AvgIpc) is 2.79. The predicted octanol–water partition coefficient (Wildman–Crippen LogP) is 5.29. The van der Waals surface area contributed by atoms with Gasteiger partial charge in [0.15, 0.2) is 5.72 Å². The summed E-state index contributed by atoms with van der Waals surface area (Å²) in [6.07, 6.45) is 0.559. The molecule has 2 aliphatic heterocycles. The number of hydrogen-bond acceptors (Lipinski definition) is 3. The lowest BCUT2D eigenvalue weighted by Crippen LogP contribution is -2.65. The molecule has 0 saturated carbocycles. The molecule has 3 amide bonds. The van der Waals surface area contributed by atoms with Crippen molar-refractivity contribution in [3.8, 4) is 5.75 Å². The molecule has 168 valence electrons. The molecule has 3 aromatic rings. The largest absolute Gasteiger partial charge is 0.467 e. The lowest BCUT2D eigenvalue weighted by atomic mass is 9.90. The second-order valence-corrected chi connectivity index (χ2v) is 9.28. The number of hydrogen-bond donors (Lipinski definition) is 2. The topological polar surface area (TPSA) is 70.7 Å². The van der Waals surface area contributed by atoms with Crippen molar-refractivity contribution in [3.63, 3.8) is 0 Å². The second kappa shape index (κ2) is 8.19. The van der Waals surface area contributed by atoms with E-state index < -0.39 is 5.72 Å². The highest BCUT2D eigenvalue weighted by atomic mass is 79.9. The number of halogens is 2. The molecular formula is C25H21BrFN3O3. The van der Waals surface area contributed by atoms with Crippen molar-refractivity contribution in [2.24, 2.45) is 0 Å². The number of fused-ring (bicyclic) bond motifs is 4. The summed E-state index contributed by atoms with van der Waals surface area (Å²) < 4.78 is 20.3. The Morgan fingerprint density at radius 2 is 2.00 bits per heavy atom. The number of amides is 3. The van der Waals surface area contributed by atoms with E-state index >= 15 is 0 Å². The third kappa shape index (κ3) is 4.06.